The molecule has 0 fully saturated rings. The molecule has 0 spiro atoms. The normalized spacial score (nSPS) is 29.3. The predicted octanol–water partition coefficient (Wildman–Crippen LogP) is 0.806. The van der Waals surface area contributed by atoms with Crippen molar-refractivity contribution < 1.29 is 31.1 Å². The Kier molecular flexibility index (Phi) is 7.56. The van der Waals surface area contributed by atoms with Crippen LogP contribution in [0.3, 0.4) is 0 Å². The second kappa shape index (κ2) is 7.23. The molecular formula is C10H19ClN4U. The van der Waals surface area contributed by atoms with Gasteiger partial charge in [-0.3, -0.25) is 10.6 Å². The molecule has 16 heavy (non-hydrogen) atoms. The molecule has 0 radical (unpaired) electrons. The van der Waals surface area contributed by atoms with E-state index in [1.54, 1.807) is 0 Å². The van der Waals surface area contributed by atoms with Crippen molar-refractivity contribution in [3.8, 4) is 0 Å². The van der Waals surface area contributed by atoms with Crippen LogP contribution in [0.1, 0.15) is 13.3 Å². The summed E-state index contributed by atoms with van der Waals surface area (Å²) in [6, 6.07) is 0. The van der Waals surface area contributed by atoms with E-state index < -0.39 is 5.00 Å². The first-order chi connectivity index (χ1) is 7.02. The summed E-state index contributed by atoms with van der Waals surface area (Å²) < 4.78 is 0. The zero-order valence-electron chi connectivity index (χ0n) is 9.89. The number of hydrogen-bond acceptors (Lipinski definition) is 4. The molecule has 0 saturated heterocycles. The Morgan fingerprint density at radius 3 is 2.62 bits per heavy atom. The van der Waals surface area contributed by atoms with Crippen molar-refractivity contribution >= 4 is 17.4 Å². The second-order valence-corrected chi connectivity index (χ2v) is 4.58. The zero-order valence-corrected chi connectivity index (χ0v) is 14.8. The summed E-state index contributed by atoms with van der Waals surface area (Å²) in [4.78, 5) is 6.05. The van der Waals surface area contributed by atoms with Crippen molar-refractivity contribution in [2.75, 3.05) is 20.1 Å². The van der Waals surface area contributed by atoms with Gasteiger partial charge in [-0.1, -0.05) is 0 Å². The smallest absolute Gasteiger partial charge is 0.420 e. The van der Waals surface area contributed by atoms with Gasteiger partial charge in [0.15, 0.2) is 6.29 Å². The van der Waals surface area contributed by atoms with Gasteiger partial charge in [-0.05, 0) is 14.0 Å². The van der Waals surface area contributed by atoms with Gasteiger partial charge in [-0.25, -0.2) is 4.99 Å². The predicted molar refractivity (Wildman–Crippen MR) is 64.6 cm³/mol. The standard InChI is InChI=1S/C10H19ClN4.U/c1-5-15(6-2)8-7-10(3,11)14-9(12-4)13-8;/h9,12,14H,1-2,5-7H2,3-4H3;/q-2;+2/t9?,10-;/m1./s1. The number of halogens is 1. The first-order valence-corrected chi connectivity index (χ1v) is 5.44. The Balaban J connectivity index is 0.00000225. The number of amidine groups is 1. The number of nitrogens with one attached hydrogen (secondary N) is 2. The summed E-state index contributed by atoms with van der Waals surface area (Å²) in [7, 11) is 1.84. The number of nitrogens with zero attached hydrogens (tertiary/aromatic N) is 2. The van der Waals surface area contributed by atoms with Crippen molar-refractivity contribution in [1.82, 2.24) is 15.5 Å². The Bertz CT molecular complexity index is 241. The fraction of sp³-hybridized carbons (Fsp3) is 0.700. The molecule has 1 heterocycles. The molecule has 2 N–H and O–H groups in total. The second-order valence-electron chi connectivity index (χ2n) is 3.74. The maximum Gasteiger partial charge on any atom is 2.00 e. The monoisotopic (exact) mass is 468 g/mol. The minimum atomic E-state index is -0.465. The summed E-state index contributed by atoms with van der Waals surface area (Å²) in [6.07, 6.45) is 0.537. The van der Waals surface area contributed by atoms with Crippen LogP contribution < -0.4 is 10.6 Å². The third-order valence-electron chi connectivity index (χ3n) is 2.38. The van der Waals surface area contributed by atoms with Gasteiger partial charge in [0.1, 0.15) is 10.8 Å². The van der Waals surface area contributed by atoms with E-state index >= 15 is 0 Å². The Morgan fingerprint density at radius 2 is 2.19 bits per heavy atom. The van der Waals surface area contributed by atoms with E-state index in [-0.39, 0.29) is 37.4 Å². The molecule has 90 valence electrons. The van der Waals surface area contributed by atoms with Crippen molar-refractivity contribution in [2.24, 2.45) is 4.99 Å². The van der Waals surface area contributed by atoms with Gasteiger partial charge >= 0.3 is 31.1 Å². The van der Waals surface area contributed by atoms with Crippen LogP contribution in [0.2, 0.25) is 0 Å². The third-order valence-corrected chi connectivity index (χ3v) is 2.63. The van der Waals surface area contributed by atoms with Gasteiger partial charge in [-0.15, -0.1) is 24.7 Å². The zero-order chi connectivity index (χ0) is 11.5. The summed E-state index contributed by atoms with van der Waals surface area (Å²) in [5.74, 6) is 0.954. The van der Waals surface area contributed by atoms with Gasteiger partial charge in [0.25, 0.3) is 0 Å². The number of hydrogen-bond donors (Lipinski definition) is 2. The Morgan fingerprint density at radius 1 is 1.62 bits per heavy atom. The first kappa shape index (κ1) is 16.7. The first-order valence-electron chi connectivity index (χ1n) is 5.06. The van der Waals surface area contributed by atoms with E-state index in [1.807, 2.05) is 18.9 Å². The molecule has 0 bridgehead atoms. The van der Waals surface area contributed by atoms with E-state index in [4.69, 9.17) is 11.6 Å². The van der Waals surface area contributed by atoms with E-state index in [2.05, 4.69) is 29.5 Å². The molecule has 0 aromatic heterocycles. The van der Waals surface area contributed by atoms with Crippen LogP contribution in [0.5, 0.6) is 0 Å². The van der Waals surface area contributed by atoms with Crippen molar-refractivity contribution in [1.29, 1.82) is 0 Å². The van der Waals surface area contributed by atoms with Crippen molar-refractivity contribution in [3.05, 3.63) is 13.8 Å². The van der Waals surface area contributed by atoms with Crippen molar-refractivity contribution in [2.45, 2.75) is 24.6 Å². The quantitative estimate of drug-likeness (QED) is 0.366. The van der Waals surface area contributed by atoms with Crippen LogP contribution in [0.15, 0.2) is 4.99 Å². The fourth-order valence-electron chi connectivity index (χ4n) is 1.56. The SMILES string of the molecule is [CH2-]CN(C[CH2-])C1=NC(NC)N[C@@](C)(Cl)C1.[U+2]. The van der Waals surface area contributed by atoms with Gasteiger partial charge in [0, 0.05) is 6.42 Å². The van der Waals surface area contributed by atoms with Gasteiger partial charge < -0.3 is 18.7 Å². The number of alkyl halides is 1. The van der Waals surface area contributed by atoms with Crippen LogP contribution in [0.25, 0.3) is 0 Å². The molecule has 1 unspecified atom stereocenters. The summed E-state index contributed by atoms with van der Waals surface area (Å²) >= 11 is 6.30. The maximum absolute atomic E-state index is 6.30. The van der Waals surface area contributed by atoms with Crippen LogP contribution in [-0.4, -0.2) is 42.2 Å². The molecule has 1 rings (SSSR count). The maximum atomic E-state index is 6.30. The van der Waals surface area contributed by atoms with Crippen LogP contribution in [0, 0.1) is 45.0 Å². The van der Waals surface area contributed by atoms with Crippen LogP contribution in [-0.2, 0) is 0 Å². The molecule has 2 atom stereocenters. The molecule has 0 amide bonds. The summed E-state index contributed by atoms with van der Waals surface area (Å²) in [5, 5.41) is 6.22. The molecule has 0 saturated carbocycles. The molecule has 6 heteroatoms. The third kappa shape index (κ3) is 4.54. The van der Waals surface area contributed by atoms with E-state index in [1.165, 1.54) is 0 Å². The summed E-state index contributed by atoms with van der Waals surface area (Å²) in [6.45, 7) is 11.0. The molecule has 0 aliphatic carbocycles. The molecule has 1 aliphatic heterocycles. The number of rotatable bonds is 3. The van der Waals surface area contributed by atoms with E-state index in [0.717, 1.165) is 5.84 Å². The van der Waals surface area contributed by atoms with Crippen LogP contribution >= 0.6 is 11.6 Å². The van der Waals surface area contributed by atoms with E-state index in [9.17, 15) is 0 Å². The van der Waals surface area contributed by atoms with Gasteiger partial charge in [0.2, 0.25) is 0 Å². The van der Waals surface area contributed by atoms with Crippen molar-refractivity contribution in [3.63, 3.8) is 0 Å². The summed E-state index contributed by atoms with van der Waals surface area (Å²) in [5.41, 5.74) is 0. The van der Waals surface area contributed by atoms with Crippen LogP contribution in [0.4, 0.5) is 0 Å². The Labute approximate surface area is 127 Å². The fourth-order valence-corrected chi connectivity index (χ4v) is 1.78. The topological polar surface area (TPSA) is 39.7 Å². The Hall–Kier alpha value is 0.732. The minimum Gasteiger partial charge on any atom is -0.420 e. The minimum absolute atomic E-state index is 0. The molecular weight excluding hydrogens is 450 g/mol. The van der Waals surface area contributed by atoms with Gasteiger partial charge in [0.05, 0.1) is 0 Å². The molecule has 0 aromatic carbocycles. The molecule has 0 aromatic rings. The van der Waals surface area contributed by atoms with E-state index in [0.29, 0.717) is 19.5 Å². The molecule has 1 aliphatic rings. The van der Waals surface area contributed by atoms with Gasteiger partial charge in [-0.2, -0.15) is 0 Å². The number of aliphatic imine (C=N–C) groups is 1. The largest absolute Gasteiger partial charge is 2.00 e. The molecule has 4 nitrogen and oxygen atoms in total. The average molecular weight is 469 g/mol. The average Bonchev–Trinajstić information content (AvgIpc) is 2.17.